The summed E-state index contributed by atoms with van der Waals surface area (Å²) in [4.78, 5) is 11.7. The molecule has 3 heteroatoms. The van der Waals surface area contributed by atoms with Crippen LogP contribution in [0.3, 0.4) is 0 Å². The van der Waals surface area contributed by atoms with Gasteiger partial charge in [-0.3, -0.25) is 4.79 Å². The molecule has 0 aliphatic heterocycles. The fraction of sp³-hybridized carbons (Fsp3) is 0.611. The molecule has 3 nitrogen and oxygen atoms in total. The van der Waals surface area contributed by atoms with Crippen molar-refractivity contribution in [3.8, 4) is 0 Å². The van der Waals surface area contributed by atoms with Gasteiger partial charge < -0.3 is 10.4 Å². The SMILES string of the molecule is Cc1ccc(CNC2CC3CCCC3(C(=O)O)C2)c(C)c1. The van der Waals surface area contributed by atoms with Crippen molar-refractivity contribution in [1.29, 1.82) is 0 Å². The molecule has 2 saturated carbocycles. The van der Waals surface area contributed by atoms with Gasteiger partial charge in [-0.15, -0.1) is 0 Å². The van der Waals surface area contributed by atoms with Crippen molar-refractivity contribution in [2.24, 2.45) is 11.3 Å². The summed E-state index contributed by atoms with van der Waals surface area (Å²) >= 11 is 0. The van der Waals surface area contributed by atoms with E-state index in [1.165, 1.54) is 16.7 Å². The Balaban J connectivity index is 1.64. The molecule has 0 aromatic heterocycles. The van der Waals surface area contributed by atoms with E-state index in [0.29, 0.717) is 12.0 Å². The Morgan fingerprint density at radius 1 is 1.43 bits per heavy atom. The Labute approximate surface area is 126 Å². The van der Waals surface area contributed by atoms with Crippen molar-refractivity contribution in [2.75, 3.05) is 0 Å². The summed E-state index contributed by atoms with van der Waals surface area (Å²) in [6.45, 7) is 5.10. The standard InChI is InChI=1S/C18H25NO2/c1-12-5-6-14(13(2)8-12)11-19-16-9-15-4-3-7-18(15,10-16)17(20)21/h5-6,8,15-16,19H,3-4,7,9-11H2,1-2H3,(H,20,21). The minimum absolute atomic E-state index is 0.354. The van der Waals surface area contributed by atoms with Gasteiger partial charge in [0.2, 0.25) is 0 Å². The van der Waals surface area contributed by atoms with Crippen LogP contribution in [0.15, 0.2) is 18.2 Å². The maximum atomic E-state index is 11.7. The van der Waals surface area contributed by atoms with Gasteiger partial charge in [0.25, 0.3) is 0 Å². The average molecular weight is 287 g/mol. The molecule has 3 atom stereocenters. The Morgan fingerprint density at radius 2 is 2.24 bits per heavy atom. The monoisotopic (exact) mass is 287 g/mol. The number of nitrogens with one attached hydrogen (secondary N) is 1. The van der Waals surface area contributed by atoms with Crippen LogP contribution in [0.25, 0.3) is 0 Å². The molecule has 3 rings (SSSR count). The van der Waals surface area contributed by atoms with Gasteiger partial charge in [0, 0.05) is 12.6 Å². The molecule has 2 fully saturated rings. The number of carbonyl (C=O) groups is 1. The van der Waals surface area contributed by atoms with E-state index in [2.05, 4.69) is 37.4 Å². The third-order valence-electron chi connectivity index (χ3n) is 5.64. The summed E-state index contributed by atoms with van der Waals surface area (Å²) in [5.41, 5.74) is 3.49. The highest BCUT2D eigenvalue weighted by Gasteiger charge is 2.54. The lowest BCUT2D eigenvalue weighted by Crippen LogP contribution is -2.33. The van der Waals surface area contributed by atoms with Gasteiger partial charge >= 0.3 is 5.97 Å². The zero-order valence-electron chi connectivity index (χ0n) is 13.0. The molecule has 114 valence electrons. The third-order valence-corrected chi connectivity index (χ3v) is 5.64. The van der Waals surface area contributed by atoms with Crippen LogP contribution in [0, 0.1) is 25.2 Å². The second-order valence-corrected chi connectivity index (χ2v) is 7.00. The predicted octanol–water partition coefficient (Wildman–Crippen LogP) is 3.43. The Bertz CT molecular complexity index is 554. The van der Waals surface area contributed by atoms with Crippen LogP contribution in [0.1, 0.15) is 48.8 Å². The lowest BCUT2D eigenvalue weighted by molar-refractivity contribution is -0.150. The van der Waals surface area contributed by atoms with Crippen molar-refractivity contribution in [3.63, 3.8) is 0 Å². The van der Waals surface area contributed by atoms with Gasteiger partial charge in [0.15, 0.2) is 0 Å². The molecule has 0 bridgehead atoms. The molecule has 0 spiro atoms. The first-order chi connectivity index (χ1) is 10.0. The number of aliphatic carboxylic acids is 1. The lowest BCUT2D eigenvalue weighted by Gasteiger charge is -2.23. The van der Waals surface area contributed by atoms with Crippen LogP contribution in [-0.4, -0.2) is 17.1 Å². The molecule has 0 heterocycles. The predicted molar refractivity (Wildman–Crippen MR) is 83.2 cm³/mol. The summed E-state index contributed by atoms with van der Waals surface area (Å²) in [6, 6.07) is 6.89. The van der Waals surface area contributed by atoms with Gasteiger partial charge in [-0.25, -0.2) is 0 Å². The number of hydrogen-bond donors (Lipinski definition) is 2. The fourth-order valence-electron chi connectivity index (χ4n) is 4.45. The highest BCUT2D eigenvalue weighted by molar-refractivity contribution is 5.76. The number of rotatable bonds is 4. The first kappa shape index (κ1) is 14.6. The molecule has 1 aromatic carbocycles. The van der Waals surface area contributed by atoms with Crippen molar-refractivity contribution in [1.82, 2.24) is 5.32 Å². The Hall–Kier alpha value is -1.35. The fourth-order valence-corrected chi connectivity index (χ4v) is 4.45. The van der Waals surface area contributed by atoms with E-state index in [1.807, 2.05) is 0 Å². The van der Waals surface area contributed by atoms with Gasteiger partial charge in [-0.1, -0.05) is 30.2 Å². The van der Waals surface area contributed by atoms with Gasteiger partial charge in [0.05, 0.1) is 5.41 Å². The van der Waals surface area contributed by atoms with Gasteiger partial charge in [-0.2, -0.15) is 0 Å². The van der Waals surface area contributed by atoms with Crippen molar-refractivity contribution in [3.05, 3.63) is 34.9 Å². The zero-order chi connectivity index (χ0) is 15.0. The van der Waals surface area contributed by atoms with E-state index < -0.39 is 11.4 Å². The molecule has 0 amide bonds. The largest absolute Gasteiger partial charge is 0.481 e. The molecule has 2 aliphatic carbocycles. The van der Waals surface area contributed by atoms with Gasteiger partial charge in [-0.05, 0) is 56.6 Å². The van der Waals surface area contributed by atoms with Crippen molar-refractivity contribution >= 4 is 5.97 Å². The molecule has 0 saturated heterocycles. The number of carboxylic acid groups (broad SMARTS) is 1. The number of aryl methyl sites for hydroxylation is 2. The number of carboxylic acids is 1. The minimum Gasteiger partial charge on any atom is -0.481 e. The van der Waals surface area contributed by atoms with E-state index in [4.69, 9.17) is 0 Å². The number of hydrogen-bond acceptors (Lipinski definition) is 2. The lowest BCUT2D eigenvalue weighted by atomic mass is 9.80. The van der Waals surface area contributed by atoms with E-state index in [-0.39, 0.29) is 0 Å². The van der Waals surface area contributed by atoms with E-state index in [1.54, 1.807) is 0 Å². The van der Waals surface area contributed by atoms with E-state index in [0.717, 1.165) is 38.6 Å². The molecule has 2 N–H and O–H groups in total. The maximum absolute atomic E-state index is 11.7. The second-order valence-electron chi connectivity index (χ2n) is 7.00. The van der Waals surface area contributed by atoms with Crippen molar-refractivity contribution in [2.45, 2.75) is 58.5 Å². The summed E-state index contributed by atoms with van der Waals surface area (Å²) in [6.07, 6.45) is 4.87. The molecular formula is C18H25NO2. The van der Waals surface area contributed by atoms with Crippen LogP contribution < -0.4 is 5.32 Å². The van der Waals surface area contributed by atoms with Crippen LogP contribution >= 0.6 is 0 Å². The average Bonchev–Trinajstić information content (AvgIpc) is 2.95. The summed E-state index contributed by atoms with van der Waals surface area (Å²) in [5.74, 6) is -0.188. The molecule has 2 aliphatic rings. The maximum Gasteiger partial charge on any atom is 0.309 e. The first-order valence-electron chi connectivity index (χ1n) is 8.04. The Morgan fingerprint density at radius 3 is 2.90 bits per heavy atom. The van der Waals surface area contributed by atoms with E-state index >= 15 is 0 Å². The summed E-state index contributed by atoms with van der Waals surface area (Å²) < 4.78 is 0. The van der Waals surface area contributed by atoms with E-state index in [9.17, 15) is 9.90 Å². The summed E-state index contributed by atoms with van der Waals surface area (Å²) in [7, 11) is 0. The summed E-state index contributed by atoms with van der Waals surface area (Å²) in [5, 5.41) is 13.2. The van der Waals surface area contributed by atoms with Gasteiger partial charge in [0.1, 0.15) is 0 Å². The van der Waals surface area contributed by atoms with Crippen molar-refractivity contribution < 1.29 is 9.90 Å². The molecule has 0 radical (unpaired) electrons. The number of fused-ring (bicyclic) bond motifs is 1. The topological polar surface area (TPSA) is 49.3 Å². The molecule has 1 aromatic rings. The smallest absolute Gasteiger partial charge is 0.309 e. The normalized spacial score (nSPS) is 31.3. The van der Waals surface area contributed by atoms with Crippen LogP contribution in [-0.2, 0) is 11.3 Å². The third kappa shape index (κ3) is 2.59. The quantitative estimate of drug-likeness (QED) is 0.892. The number of benzene rings is 1. The highest BCUT2D eigenvalue weighted by Crippen LogP contribution is 2.54. The molecule has 3 unspecified atom stereocenters. The van der Waals surface area contributed by atoms with Crippen LogP contribution in [0.2, 0.25) is 0 Å². The molecule has 21 heavy (non-hydrogen) atoms. The molecular weight excluding hydrogens is 262 g/mol. The highest BCUT2D eigenvalue weighted by atomic mass is 16.4. The minimum atomic E-state index is -0.569. The zero-order valence-corrected chi connectivity index (χ0v) is 13.0. The van der Waals surface area contributed by atoms with Crippen LogP contribution in [0.5, 0.6) is 0 Å². The van der Waals surface area contributed by atoms with Crippen LogP contribution in [0.4, 0.5) is 0 Å². The first-order valence-corrected chi connectivity index (χ1v) is 8.04. The second kappa shape index (κ2) is 5.45. The Kier molecular flexibility index (Phi) is 3.78.